The Morgan fingerprint density at radius 3 is 1.84 bits per heavy atom. The van der Waals surface area contributed by atoms with E-state index in [9.17, 15) is 0 Å². The summed E-state index contributed by atoms with van der Waals surface area (Å²) in [6.07, 6.45) is 0. The third-order valence-electron chi connectivity index (χ3n) is 3.13. The van der Waals surface area contributed by atoms with Crippen molar-refractivity contribution in [2.45, 2.75) is 20.8 Å². The Bertz CT molecular complexity index is 648. The number of hydrogen-bond acceptors (Lipinski definition) is 0. The van der Waals surface area contributed by atoms with Gasteiger partial charge in [0.2, 0.25) is 0 Å². The van der Waals surface area contributed by atoms with Gasteiger partial charge in [0.1, 0.15) is 0 Å². The number of rotatable bonds is 1. The molecule has 0 fully saturated rings. The lowest BCUT2D eigenvalue weighted by molar-refractivity contribution is 1.47. The molecule has 0 unspecified atom stereocenters. The molecule has 0 aliphatic heterocycles. The molecule has 0 aromatic heterocycles. The number of hydrogen-bond donors (Lipinski definition) is 0. The Balaban J connectivity index is 0.000000637. The van der Waals surface area contributed by atoms with E-state index in [0.717, 1.165) is 0 Å². The molecule has 0 radical (unpaired) electrons. The van der Waals surface area contributed by atoms with E-state index in [2.05, 4.69) is 73.7 Å². The van der Waals surface area contributed by atoms with E-state index in [4.69, 9.17) is 0 Å². The van der Waals surface area contributed by atoms with Crippen LogP contribution in [0.3, 0.4) is 0 Å². The minimum absolute atomic E-state index is 1.28. The first-order valence-corrected chi connectivity index (χ1v) is 6.89. The van der Waals surface area contributed by atoms with E-state index < -0.39 is 0 Å². The fraction of sp³-hybridized carbons (Fsp3) is 0.158. The maximum atomic E-state index is 2.25. The largest absolute Gasteiger partial charge is 0.0683 e. The standard InChI is InChI=1S/C17H14.C2H6/c1-13-6-8-15(9-7-13)17-11-10-14-4-2-3-5-16(14)12-17;1-2/h2-12H,1H3;1-2H3. The van der Waals surface area contributed by atoms with Crippen molar-refractivity contribution in [2.75, 3.05) is 0 Å². The molecule has 0 saturated heterocycles. The van der Waals surface area contributed by atoms with Crippen molar-refractivity contribution in [3.8, 4) is 11.1 Å². The van der Waals surface area contributed by atoms with Crippen LogP contribution in [0.1, 0.15) is 19.4 Å². The van der Waals surface area contributed by atoms with Crippen LogP contribution in [0.15, 0.2) is 66.7 Å². The third-order valence-corrected chi connectivity index (χ3v) is 3.13. The summed E-state index contributed by atoms with van der Waals surface area (Å²) in [7, 11) is 0. The SMILES string of the molecule is CC.Cc1ccc(-c2ccc3ccccc3c2)cc1. The van der Waals surface area contributed by atoms with Crippen molar-refractivity contribution >= 4 is 10.8 Å². The van der Waals surface area contributed by atoms with Gasteiger partial charge in [0.15, 0.2) is 0 Å². The minimum atomic E-state index is 1.28. The summed E-state index contributed by atoms with van der Waals surface area (Å²) in [6, 6.07) is 23.8. The molecular formula is C19H20. The number of benzene rings is 3. The van der Waals surface area contributed by atoms with Crippen LogP contribution in [0, 0.1) is 6.92 Å². The molecular weight excluding hydrogens is 228 g/mol. The van der Waals surface area contributed by atoms with Crippen LogP contribution in [-0.4, -0.2) is 0 Å². The van der Waals surface area contributed by atoms with E-state index in [1.165, 1.54) is 27.5 Å². The van der Waals surface area contributed by atoms with Gasteiger partial charge < -0.3 is 0 Å². The third kappa shape index (κ3) is 3.03. The fourth-order valence-electron chi connectivity index (χ4n) is 2.11. The van der Waals surface area contributed by atoms with E-state index in [1.54, 1.807) is 0 Å². The van der Waals surface area contributed by atoms with E-state index in [1.807, 2.05) is 13.8 Å². The highest BCUT2D eigenvalue weighted by Gasteiger charge is 1.98. The second-order valence-corrected chi connectivity index (χ2v) is 4.43. The van der Waals surface area contributed by atoms with E-state index in [0.29, 0.717) is 0 Å². The van der Waals surface area contributed by atoms with Crippen LogP contribution in [0.25, 0.3) is 21.9 Å². The smallest absolute Gasteiger partial charge is 0.0178 e. The topological polar surface area (TPSA) is 0 Å². The molecule has 0 nitrogen and oxygen atoms in total. The average molecular weight is 248 g/mol. The zero-order valence-electron chi connectivity index (χ0n) is 11.9. The summed E-state index contributed by atoms with van der Waals surface area (Å²) in [5.41, 5.74) is 3.86. The van der Waals surface area contributed by atoms with Gasteiger partial charge in [-0.25, -0.2) is 0 Å². The molecule has 0 aliphatic rings. The van der Waals surface area contributed by atoms with Crippen LogP contribution < -0.4 is 0 Å². The Kier molecular flexibility index (Phi) is 4.35. The van der Waals surface area contributed by atoms with Gasteiger partial charge >= 0.3 is 0 Å². The first kappa shape index (κ1) is 13.4. The molecule has 3 aromatic rings. The highest BCUT2D eigenvalue weighted by Crippen LogP contribution is 2.24. The van der Waals surface area contributed by atoms with E-state index >= 15 is 0 Å². The second kappa shape index (κ2) is 6.19. The molecule has 96 valence electrons. The van der Waals surface area contributed by atoms with Crippen LogP contribution in [0.4, 0.5) is 0 Å². The fourth-order valence-corrected chi connectivity index (χ4v) is 2.11. The molecule has 0 N–H and O–H groups in total. The Morgan fingerprint density at radius 1 is 0.579 bits per heavy atom. The van der Waals surface area contributed by atoms with Crippen molar-refractivity contribution in [3.63, 3.8) is 0 Å². The maximum Gasteiger partial charge on any atom is -0.0178 e. The van der Waals surface area contributed by atoms with Gasteiger partial charge in [-0.2, -0.15) is 0 Å². The van der Waals surface area contributed by atoms with Crippen LogP contribution in [-0.2, 0) is 0 Å². The number of aryl methyl sites for hydroxylation is 1. The van der Waals surface area contributed by atoms with Crippen molar-refractivity contribution < 1.29 is 0 Å². The molecule has 3 aromatic carbocycles. The lowest BCUT2D eigenvalue weighted by atomic mass is 10.0. The van der Waals surface area contributed by atoms with Crippen LogP contribution >= 0.6 is 0 Å². The highest BCUT2D eigenvalue weighted by molar-refractivity contribution is 5.87. The first-order chi connectivity index (χ1) is 9.33. The van der Waals surface area contributed by atoms with Crippen LogP contribution in [0.2, 0.25) is 0 Å². The summed E-state index contributed by atoms with van der Waals surface area (Å²) in [6.45, 7) is 6.12. The molecule has 0 heterocycles. The quantitative estimate of drug-likeness (QED) is 0.507. The summed E-state index contributed by atoms with van der Waals surface area (Å²) in [4.78, 5) is 0. The number of fused-ring (bicyclic) bond motifs is 1. The van der Waals surface area contributed by atoms with Gasteiger partial charge in [-0.3, -0.25) is 0 Å². The van der Waals surface area contributed by atoms with Crippen molar-refractivity contribution in [1.82, 2.24) is 0 Å². The lowest BCUT2D eigenvalue weighted by Crippen LogP contribution is -1.79. The zero-order chi connectivity index (χ0) is 13.7. The van der Waals surface area contributed by atoms with Gasteiger partial charge in [-0.05, 0) is 34.9 Å². The Morgan fingerprint density at radius 2 is 1.16 bits per heavy atom. The first-order valence-electron chi connectivity index (χ1n) is 6.89. The predicted octanol–water partition coefficient (Wildman–Crippen LogP) is 5.84. The van der Waals surface area contributed by atoms with Gasteiger partial charge in [0, 0.05) is 0 Å². The van der Waals surface area contributed by atoms with Gasteiger partial charge in [-0.1, -0.05) is 80.1 Å². The highest BCUT2D eigenvalue weighted by atomic mass is 14.0. The molecule has 0 amide bonds. The Hall–Kier alpha value is -2.08. The second-order valence-electron chi connectivity index (χ2n) is 4.43. The van der Waals surface area contributed by atoms with Crippen molar-refractivity contribution in [3.05, 3.63) is 72.3 Å². The van der Waals surface area contributed by atoms with Gasteiger partial charge in [0.25, 0.3) is 0 Å². The molecule has 0 bridgehead atoms. The zero-order valence-corrected chi connectivity index (χ0v) is 11.9. The summed E-state index contributed by atoms with van der Waals surface area (Å²) in [5.74, 6) is 0. The summed E-state index contributed by atoms with van der Waals surface area (Å²) >= 11 is 0. The Labute approximate surface area is 115 Å². The summed E-state index contributed by atoms with van der Waals surface area (Å²) < 4.78 is 0. The maximum absolute atomic E-state index is 2.25. The molecule has 3 rings (SSSR count). The van der Waals surface area contributed by atoms with Crippen molar-refractivity contribution in [1.29, 1.82) is 0 Å². The van der Waals surface area contributed by atoms with E-state index in [-0.39, 0.29) is 0 Å². The molecule has 0 atom stereocenters. The molecule has 0 heteroatoms. The lowest BCUT2D eigenvalue weighted by Gasteiger charge is -2.04. The molecule has 0 aliphatic carbocycles. The minimum Gasteiger partial charge on any atom is -0.0683 e. The van der Waals surface area contributed by atoms with Gasteiger partial charge in [-0.15, -0.1) is 0 Å². The summed E-state index contributed by atoms with van der Waals surface area (Å²) in [5, 5.41) is 2.59. The monoisotopic (exact) mass is 248 g/mol. The average Bonchev–Trinajstić information content (AvgIpc) is 2.49. The normalized spacial score (nSPS) is 9.84. The molecule has 19 heavy (non-hydrogen) atoms. The molecule has 0 saturated carbocycles. The van der Waals surface area contributed by atoms with Crippen molar-refractivity contribution in [2.24, 2.45) is 0 Å². The predicted molar refractivity (Wildman–Crippen MR) is 85.5 cm³/mol. The van der Waals surface area contributed by atoms with Crippen LogP contribution in [0.5, 0.6) is 0 Å². The van der Waals surface area contributed by atoms with Gasteiger partial charge in [0.05, 0.1) is 0 Å². The molecule has 0 spiro atoms.